The molecule has 1 unspecified atom stereocenters. The molecule has 1 amide bonds. The van der Waals surface area contributed by atoms with E-state index in [0.717, 1.165) is 40.6 Å². The van der Waals surface area contributed by atoms with Crippen LogP contribution in [0.15, 0.2) is 47.5 Å². The average molecular weight is 508 g/mol. The average Bonchev–Trinajstić information content (AvgIpc) is 2.70. The molecule has 0 radical (unpaired) electrons. The summed E-state index contributed by atoms with van der Waals surface area (Å²) in [7, 11) is 1.68. The first-order chi connectivity index (χ1) is 13.6. The predicted octanol–water partition coefficient (Wildman–Crippen LogP) is 3.80. The summed E-state index contributed by atoms with van der Waals surface area (Å²) in [6.07, 6.45) is 0.471. The summed E-state index contributed by atoms with van der Waals surface area (Å²) in [6.45, 7) is 6.02. The van der Waals surface area contributed by atoms with E-state index in [9.17, 15) is 4.79 Å². The van der Waals surface area contributed by atoms with Crippen LogP contribution >= 0.6 is 24.0 Å². The normalized spacial score (nSPS) is 15.6. The number of aryl methyl sites for hydroxylation is 1. The van der Waals surface area contributed by atoms with Gasteiger partial charge in [0.2, 0.25) is 5.91 Å². The SMILES string of the molecule is CCNC(=NCc1ccc(C)c(OC)c1)NCC1CC(=O)Nc2ccccc21.I. The smallest absolute Gasteiger partial charge is 0.225 e. The van der Waals surface area contributed by atoms with E-state index in [1.54, 1.807) is 7.11 Å². The van der Waals surface area contributed by atoms with Crippen LogP contribution in [0.25, 0.3) is 0 Å². The number of benzene rings is 2. The van der Waals surface area contributed by atoms with Gasteiger partial charge in [-0.15, -0.1) is 24.0 Å². The van der Waals surface area contributed by atoms with Crippen LogP contribution in [0.2, 0.25) is 0 Å². The van der Waals surface area contributed by atoms with Gasteiger partial charge in [-0.2, -0.15) is 0 Å². The van der Waals surface area contributed by atoms with Gasteiger partial charge in [-0.1, -0.05) is 30.3 Å². The Bertz CT molecular complexity index is 870. The van der Waals surface area contributed by atoms with Gasteiger partial charge in [0.25, 0.3) is 0 Å². The van der Waals surface area contributed by atoms with E-state index in [0.29, 0.717) is 19.5 Å². The number of hydrogen-bond donors (Lipinski definition) is 3. The molecule has 0 spiro atoms. The third-order valence-electron chi connectivity index (χ3n) is 4.86. The van der Waals surface area contributed by atoms with Crippen molar-refractivity contribution in [2.75, 3.05) is 25.5 Å². The van der Waals surface area contributed by atoms with Crippen LogP contribution in [0, 0.1) is 6.92 Å². The fourth-order valence-corrected chi connectivity index (χ4v) is 3.38. The molecule has 0 aliphatic carbocycles. The number of halogens is 1. The standard InChI is InChI=1S/C22H28N4O2.HI/c1-4-23-22(24-13-16-10-9-15(2)20(11-16)28-3)25-14-17-12-21(27)26-19-8-6-5-7-18(17)19;/h5-11,17H,4,12-14H2,1-3H3,(H,26,27)(H2,23,24,25);1H. The molecule has 156 valence electrons. The number of guanidine groups is 1. The van der Waals surface area contributed by atoms with Gasteiger partial charge in [-0.3, -0.25) is 4.79 Å². The Kier molecular flexibility index (Phi) is 8.75. The van der Waals surface area contributed by atoms with E-state index >= 15 is 0 Å². The predicted molar refractivity (Wildman–Crippen MR) is 128 cm³/mol. The zero-order valence-electron chi connectivity index (χ0n) is 17.1. The number of para-hydroxylation sites is 1. The van der Waals surface area contributed by atoms with Crippen LogP contribution in [0.4, 0.5) is 5.69 Å². The Labute approximate surface area is 189 Å². The molecular formula is C22H29IN4O2. The maximum atomic E-state index is 12.0. The largest absolute Gasteiger partial charge is 0.496 e. The van der Waals surface area contributed by atoms with Gasteiger partial charge < -0.3 is 20.7 Å². The summed E-state index contributed by atoms with van der Waals surface area (Å²) in [6, 6.07) is 14.1. The highest BCUT2D eigenvalue weighted by Gasteiger charge is 2.24. The number of nitrogens with zero attached hydrogens (tertiary/aromatic N) is 1. The van der Waals surface area contributed by atoms with Crippen molar-refractivity contribution >= 4 is 41.5 Å². The summed E-state index contributed by atoms with van der Waals surface area (Å²) in [4.78, 5) is 16.7. The maximum Gasteiger partial charge on any atom is 0.225 e. The molecule has 29 heavy (non-hydrogen) atoms. The number of nitrogens with one attached hydrogen (secondary N) is 3. The summed E-state index contributed by atoms with van der Waals surface area (Å²) >= 11 is 0. The van der Waals surface area contributed by atoms with Gasteiger partial charge in [0, 0.05) is 31.1 Å². The van der Waals surface area contributed by atoms with Gasteiger partial charge in [0.05, 0.1) is 13.7 Å². The topological polar surface area (TPSA) is 74.8 Å². The van der Waals surface area contributed by atoms with Crippen LogP contribution in [0.5, 0.6) is 5.75 Å². The molecule has 2 aromatic rings. The second kappa shape index (κ2) is 11.0. The maximum absolute atomic E-state index is 12.0. The molecular weight excluding hydrogens is 479 g/mol. The number of methoxy groups -OCH3 is 1. The molecule has 3 rings (SSSR count). The molecule has 1 heterocycles. The molecule has 2 aromatic carbocycles. The van der Waals surface area contributed by atoms with Gasteiger partial charge in [0.1, 0.15) is 5.75 Å². The molecule has 7 heteroatoms. The molecule has 0 saturated heterocycles. The fraction of sp³-hybridized carbons (Fsp3) is 0.364. The molecule has 0 saturated carbocycles. The van der Waals surface area contributed by atoms with Crippen molar-refractivity contribution in [2.24, 2.45) is 4.99 Å². The van der Waals surface area contributed by atoms with Crippen molar-refractivity contribution in [3.63, 3.8) is 0 Å². The lowest BCUT2D eigenvalue weighted by Gasteiger charge is -2.26. The molecule has 3 N–H and O–H groups in total. The number of aliphatic imine (C=N–C) groups is 1. The molecule has 1 atom stereocenters. The van der Waals surface area contributed by atoms with E-state index in [2.05, 4.69) is 33.1 Å². The van der Waals surface area contributed by atoms with Crippen molar-refractivity contribution < 1.29 is 9.53 Å². The number of anilines is 1. The number of rotatable bonds is 6. The fourth-order valence-electron chi connectivity index (χ4n) is 3.38. The van der Waals surface area contributed by atoms with Crippen LogP contribution < -0.4 is 20.7 Å². The minimum absolute atomic E-state index is 0. The van der Waals surface area contributed by atoms with Crippen LogP contribution in [-0.2, 0) is 11.3 Å². The van der Waals surface area contributed by atoms with Gasteiger partial charge in [0.15, 0.2) is 5.96 Å². The first-order valence-electron chi connectivity index (χ1n) is 9.65. The van der Waals surface area contributed by atoms with E-state index in [-0.39, 0.29) is 35.8 Å². The van der Waals surface area contributed by atoms with Crippen LogP contribution in [0.1, 0.15) is 36.0 Å². The second-order valence-electron chi connectivity index (χ2n) is 6.92. The first kappa shape index (κ1) is 23.0. The number of amides is 1. The molecule has 0 bridgehead atoms. The summed E-state index contributed by atoms with van der Waals surface area (Å²) < 4.78 is 5.39. The van der Waals surface area contributed by atoms with Gasteiger partial charge in [-0.25, -0.2) is 4.99 Å². The number of ether oxygens (including phenoxy) is 1. The Hall–Kier alpha value is -2.29. The Balaban J connectivity index is 0.00000300. The lowest BCUT2D eigenvalue weighted by Crippen LogP contribution is -2.40. The van der Waals surface area contributed by atoms with Crippen molar-refractivity contribution in [1.29, 1.82) is 0 Å². The number of fused-ring (bicyclic) bond motifs is 1. The Morgan fingerprint density at radius 1 is 1.24 bits per heavy atom. The van der Waals surface area contributed by atoms with Crippen LogP contribution in [-0.4, -0.2) is 32.1 Å². The number of carbonyl (C=O) groups is 1. The van der Waals surface area contributed by atoms with Crippen LogP contribution in [0.3, 0.4) is 0 Å². The summed E-state index contributed by atoms with van der Waals surface area (Å²) in [5.74, 6) is 1.79. The minimum Gasteiger partial charge on any atom is -0.496 e. The zero-order valence-corrected chi connectivity index (χ0v) is 19.4. The molecule has 0 aromatic heterocycles. The highest BCUT2D eigenvalue weighted by Crippen LogP contribution is 2.31. The minimum atomic E-state index is 0. The number of hydrogen-bond acceptors (Lipinski definition) is 3. The molecule has 6 nitrogen and oxygen atoms in total. The number of carbonyl (C=O) groups excluding carboxylic acids is 1. The van der Waals surface area contributed by atoms with Crippen molar-refractivity contribution in [2.45, 2.75) is 32.7 Å². The van der Waals surface area contributed by atoms with Gasteiger partial charge in [-0.05, 0) is 42.7 Å². The van der Waals surface area contributed by atoms with Crippen molar-refractivity contribution in [1.82, 2.24) is 10.6 Å². The third kappa shape index (κ3) is 6.09. The zero-order chi connectivity index (χ0) is 19.9. The Morgan fingerprint density at radius 3 is 2.79 bits per heavy atom. The summed E-state index contributed by atoms with van der Waals surface area (Å²) in [5.41, 5.74) is 4.25. The second-order valence-corrected chi connectivity index (χ2v) is 6.92. The van der Waals surface area contributed by atoms with Crippen molar-refractivity contribution in [3.05, 3.63) is 59.2 Å². The molecule has 1 aliphatic heterocycles. The van der Waals surface area contributed by atoms with Gasteiger partial charge >= 0.3 is 0 Å². The van der Waals surface area contributed by atoms with E-state index in [1.165, 1.54) is 0 Å². The van der Waals surface area contributed by atoms with E-state index in [1.807, 2.05) is 44.2 Å². The van der Waals surface area contributed by atoms with Crippen molar-refractivity contribution in [3.8, 4) is 5.75 Å². The summed E-state index contributed by atoms with van der Waals surface area (Å²) in [5, 5.41) is 9.60. The lowest BCUT2D eigenvalue weighted by atomic mass is 9.90. The molecule has 1 aliphatic rings. The lowest BCUT2D eigenvalue weighted by molar-refractivity contribution is -0.116. The first-order valence-corrected chi connectivity index (χ1v) is 9.65. The highest BCUT2D eigenvalue weighted by atomic mass is 127. The monoisotopic (exact) mass is 508 g/mol. The quantitative estimate of drug-likeness (QED) is 0.315. The molecule has 0 fully saturated rings. The third-order valence-corrected chi connectivity index (χ3v) is 4.86. The van der Waals surface area contributed by atoms with E-state index < -0.39 is 0 Å². The highest BCUT2D eigenvalue weighted by molar-refractivity contribution is 14.0. The Morgan fingerprint density at radius 2 is 2.03 bits per heavy atom. The van der Waals surface area contributed by atoms with E-state index in [4.69, 9.17) is 4.74 Å².